The molecular weight excluding hydrogens is 330 g/mol. The second-order valence-corrected chi connectivity index (χ2v) is 7.26. The minimum Gasteiger partial charge on any atom is -0.323 e. The Morgan fingerprint density at radius 3 is 2.63 bits per heavy atom. The zero-order valence-corrected chi connectivity index (χ0v) is 15.3. The minimum atomic E-state index is 0.603. The normalized spacial score (nSPS) is 14.0. The van der Waals surface area contributed by atoms with Gasteiger partial charge >= 0.3 is 0 Å². The van der Waals surface area contributed by atoms with Gasteiger partial charge in [0.1, 0.15) is 5.82 Å². The molecule has 5 rings (SSSR count). The van der Waals surface area contributed by atoms with Crippen LogP contribution in [0.3, 0.4) is 0 Å². The van der Waals surface area contributed by atoms with Gasteiger partial charge in [-0.05, 0) is 54.7 Å². The molecule has 2 aromatic carbocycles. The molecule has 1 radical (unpaired) electrons. The van der Waals surface area contributed by atoms with Crippen LogP contribution in [0.1, 0.15) is 35.7 Å². The van der Waals surface area contributed by atoms with Gasteiger partial charge in [0.15, 0.2) is 0 Å². The van der Waals surface area contributed by atoms with Crippen molar-refractivity contribution in [1.29, 1.82) is 0 Å². The number of fused-ring (bicyclic) bond motifs is 1. The van der Waals surface area contributed by atoms with Gasteiger partial charge in [-0.25, -0.2) is 4.98 Å². The zero-order chi connectivity index (χ0) is 18.2. The average Bonchev–Trinajstić information content (AvgIpc) is 3.51. The summed E-state index contributed by atoms with van der Waals surface area (Å²) >= 11 is 0. The van der Waals surface area contributed by atoms with Crippen LogP contribution >= 0.6 is 0 Å². The zero-order valence-electron chi connectivity index (χ0n) is 15.3. The van der Waals surface area contributed by atoms with Crippen molar-refractivity contribution >= 4 is 10.8 Å². The highest BCUT2D eigenvalue weighted by Gasteiger charge is 2.31. The van der Waals surface area contributed by atoms with E-state index in [0.29, 0.717) is 5.92 Å². The Balaban J connectivity index is 1.68. The summed E-state index contributed by atoms with van der Waals surface area (Å²) in [5.41, 5.74) is 4.89. The molecule has 1 saturated carbocycles. The van der Waals surface area contributed by atoms with E-state index in [1.165, 1.54) is 40.6 Å². The maximum Gasteiger partial charge on any atom is 0.142 e. The van der Waals surface area contributed by atoms with Gasteiger partial charge in [-0.2, -0.15) is 0 Å². The lowest BCUT2D eigenvalue weighted by Gasteiger charge is -2.14. The van der Waals surface area contributed by atoms with Gasteiger partial charge in [0.25, 0.3) is 0 Å². The first-order valence-corrected chi connectivity index (χ1v) is 9.60. The van der Waals surface area contributed by atoms with Crippen LogP contribution in [0.4, 0.5) is 0 Å². The summed E-state index contributed by atoms with van der Waals surface area (Å²) < 4.78 is 2.36. The SMILES string of the molecule is [CH2]Cc1c(C2CC2)nc(-c2cccnc2)n1Cc1cccc2ccccc12. The summed E-state index contributed by atoms with van der Waals surface area (Å²) in [7, 11) is 0. The van der Waals surface area contributed by atoms with Gasteiger partial charge in [0.2, 0.25) is 0 Å². The van der Waals surface area contributed by atoms with Gasteiger partial charge < -0.3 is 4.57 Å². The van der Waals surface area contributed by atoms with Gasteiger partial charge in [-0.3, -0.25) is 4.98 Å². The topological polar surface area (TPSA) is 30.7 Å². The summed E-state index contributed by atoms with van der Waals surface area (Å²) in [6.07, 6.45) is 6.95. The molecule has 3 nitrogen and oxygen atoms in total. The molecule has 1 aliphatic rings. The summed E-state index contributed by atoms with van der Waals surface area (Å²) in [6, 6.07) is 19.2. The Morgan fingerprint density at radius 1 is 1.00 bits per heavy atom. The van der Waals surface area contributed by atoms with Gasteiger partial charge in [0, 0.05) is 36.1 Å². The van der Waals surface area contributed by atoms with Crippen LogP contribution in [-0.4, -0.2) is 14.5 Å². The Kier molecular flexibility index (Phi) is 4.01. The predicted octanol–water partition coefficient (Wildman–Crippen LogP) is 5.40. The lowest BCUT2D eigenvalue weighted by molar-refractivity contribution is 0.763. The first-order valence-electron chi connectivity index (χ1n) is 9.60. The number of rotatable bonds is 5. The molecular formula is C24H22N3. The second-order valence-electron chi connectivity index (χ2n) is 7.26. The van der Waals surface area contributed by atoms with E-state index in [4.69, 9.17) is 4.98 Å². The summed E-state index contributed by atoms with van der Waals surface area (Å²) in [4.78, 5) is 9.39. The molecule has 0 atom stereocenters. The highest BCUT2D eigenvalue weighted by atomic mass is 15.1. The predicted molar refractivity (Wildman–Crippen MR) is 110 cm³/mol. The molecule has 0 N–H and O–H groups in total. The Labute approximate surface area is 159 Å². The van der Waals surface area contributed by atoms with Crippen molar-refractivity contribution in [3.8, 4) is 11.4 Å². The first kappa shape index (κ1) is 16.2. The van der Waals surface area contributed by atoms with Crippen LogP contribution in [0.2, 0.25) is 0 Å². The van der Waals surface area contributed by atoms with E-state index in [-0.39, 0.29) is 0 Å². The molecule has 0 spiro atoms. The number of hydrogen-bond donors (Lipinski definition) is 0. The fourth-order valence-corrected chi connectivity index (χ4v) is 3.94. The van der Waals surface area contributed by atoms with E-state index < -0.39 is 0 Å². The second kappa shape index (κ2) is 6.66. The van der Waals surface area contributed by atoms with Crippen LogP contribution in [-0.2, 0) is 13.0 Å². The molecule has 2 aromatic heterocycles. The molecule has 0 aliphatic heterocycles. The summed E-state index contributed by atoms with van der Waals surface area (Å²) in [5, 5.41) is 2.57. The van der Waals surface area contributed by atoms with Crippen molar-refractivity contribution in [1.82, 2.24) is 14.5 Å². The van der Waals surface area contributed by atoms with Gasteiger partial charge in [-0.15, -0.1) is 0 Å². The minimum absolute atomic E-state index is 0.603. The van der Waals surface area contributed by atoms with Gasteiger partial charge in [-0.1, -0.05) is 42.5 Å². The van der Waals surface area contributed by atoms with Crippen molar-refractivity contribution in [2.75, 3.05) is 0 Å². The van der Waals surface area contributed by atoms with Crippen molar-refractivity contribution in [3.63, 3.8) is 0 Å². The number of hydrogen-bond acceptors (Lipinski definition) is 2. The maximum absolute atomic E-state index is 5.07. The van der Waals surface area contributed by atoms with E-state index in [9.17, 15) is 0 Å². The van der Waals surface area contributed by atoms with Crippen LogP contribution in [0.5, 0.6) is 0 Å². The van der Waals surface area contributed by atoms with Crippen molar-refractivity contribution in [2.24, 2.45) is 0 Å². The smallest absolute Gasteiger partial charge is 0.142 e. The van der Waals surface area contributed by atoms with Gasteiger partial charge in [0.05, 0.1) is 5.69 Å². The van der Waals surface area contributed by atoms with Crippen LogP contribution in [0.15, 0.2) is 67.0 Å². The highest BCUT2D eigenvalue weighted by molar-refractivity contribution is 5.85. The average molecular weight is 352 g/mol. The summed E-state index contributed by atoms with van der Waals surface area (Å²) in [6.45, 7) is 5.02. The van der Waals surface area contributed by atoms with Crippen molar-refractivity contribution in [2.45, 2.75) is 31.7 Å². The molecule has 0 bridgehead atoms. The largest absolute Gasteiger partial charge is 0.323 e. The molecule has 3 heteroatoms. The Hall–Kier alpha value is -2.94. The van der Waals surface area contributed by atoms with E-state index in [0.717, 1.165) is 24.4 Å². The third-order valence-corrected chi connectivity index (χ3v) is 5.43. The number of pyridine rings is 1. The molecule has 1 aliphatic carbocycles. The van der Waals surface area contributed by atoms with Crippen LogP contribution in [0, 0.1) is 6.92 Å². The number of benzene rings is 2. The monoisotopic (exact) mass is 352 g/mol. The third-order valence-electron chi connectivity index (χ3n) is 5.43. The molecule has 0 unspecified atom stereocenters. The van der Waals surface area contributed by atoms with E-state index >= 15 is 0 Å². The van der Waals surface area contributed by atoms with E-state index in [2.05, 4.69) is 65.0 Å². The first-order chi connectivity index (χ1) is 13.3. The standard InChI is InChI=1S/C24H22N3/c1-2-22-23(18-12-13-18)26-24(19-10-6-14-25-15-19)27(22)16-20-9-5-8-17-7-3-4-11-21(17)20/h3-11,14-15,18H,1-2,12-13,16H2. The van der Waals surface area contributed by atoms with Crippen molar-refractivity contribution in [3.05, 3.63) is 90.9 Å². The molecule has 0 saturated heterocycles. The molecule has 2 heterocycles. The Morgan fingerprint density at radius 2 is 1.85 bits per heavy atom. The van der Waals surface area contributed by atoms with Crippen LogP contribution < -0.4 is 0 Å². The molecule has 1 fully saturated rings. The Bertz CT molecular complexity index is 1090. The molecule has 27 heavy (non-hydrogen) atoms. The fourth-order valence-electron chi connectivity index (χ4n) is 3.94. The molecule has 0 amide bonds. The lowest BCUT2D eigenvalue weighted by Crippen LogP contribution is -2.07. The number of imidazole rings is 1. The van der Waals surface area contributed by atoms with Crippen LogP contribution in [0.25, 0.3) is 22.2 Å². The quantitative estimate of drug-likeness (QED) is 0.481. The number of nitrogens with zero attached hydrogens (tertiary/aromatic N) is 3. The lowest BCUT2D eigenvalue weighted by atomic mass is 10.0. The van der Waals surface area contributed by atoms with E-state index in [1.807, 2.05) is 18.5 Å². The summed E-state index contributed by atoms with van der Waals surface area (Å²) in [5.74, 6) is 1.61. The highest BCUT2D eigenvalue weighted by Crippen LogP contribution is 2.42. The third kappa shape index (κ3) is 2.93. The molecule has 133 valence electrons. The van der Waals surface area contributed by atoms with E-state index in [1.54, 1.807) is 0 Å². The maximum atomic E-state index is 5.07. The molecule has 4 aromatic rings. The van der Waals surface area contributed by atoms with Crippen molar-refractivity contribution < 1.29 is 0 Å². The number of aromatic nitrogens is 3. The fraction of sp³-hybridized carbons (Fsp3) is 0.208.